The third-order valence-corrected chi connectivity index (χ3v) is 6.70. The van der Waals surface area contributed by atoms with E-state index in [0.717, 1.165) is 48.6 Å². The normalized spacial score (nSPS) is 15.2. The van der Waals surface area contributed by atoms with Gasteiger partial charge in [0.25, 0.3) is 0 Å². The molecule has 0 aromatic carbocycles. The zero-order valence-corrected chi connectivity index (χ0v) is 20.2. The van der Waals surface area contributed by atoms with E-state index < -0.39 is 5.67 Å². The fourth-order valence-corrected chi connectivity index (χ4v) is 4.63. The van der Waals surface area contributed by atoms with Gasteiger partial charge in [-0.25, -0.2) is 19.0 Å². The number of aromatic nitrogens is 4. The lowest BCUT2D eigenvalue weighted by Crippen LogP contribution is -2.40. The van der Waals surface area contributed by atoms with Gasteiger partial charge in [0.2, 0.25) is 0 Å². The Labute approximate surface area is 198 Å². The molecule has 1 saturated heterocycles. The number of Topliss-reactive ketones (excluding diaryl/α,β-unsaturated/α-hetero) is 1. The van der Waals surface area contributed by atoms with Crippen molar-refractivity contribution in [3.8, 4) is 5.82 Å². The van der Waals surface area contributed by atoms with Crippen molar-refractivity contribution in [2.75, 3.05) is 18.0 Å². The van der Waals surface area contributed by atoms with Crippen LogP contribution in [-0.4, -0.2) is 44.3 Å². The van der Waals surface area contributed by atoms with E-state index in [1.807, 2.05) is 19.9 Å². The molecule has 3 aromatic heterocycles. The smallest absolute Gasteiger partial charge is 0.170 e. The maximum Gasteiger partial charge on any atom is 0.170 e. The van der Waals surface area contributed by atoms with Crippen LogP contribution in [0.4, 0.5) is 10.2 Å². The van der Waals surface area contributed by atoms with Crippen LogP contribution < -0.4 is 4.90 Å². The summed E-state index contributed by atoms with van der Waals surface area (Å²) in [6, 6.07) is 5.52. The minimum atomic E-state index is -1.14. The third-order valence-electron chi connectivity index (χ3n) is 6.48. The highest BCUT2D eigenvalue weighted by Gasteiger charge is 2.33. The van der Waals surface area contributed by atoms with E-state index in [1.54, 1.807) is 49.3 Å². The van der Waals surface area contributed by atoms with Crippen molar-refractivity contribution in [2.45, 2.75) is 52.6 Å². The second-order valence-electron chi connectivity index (χ2n) is 9.30. The summed E-state index contributed by atoms with van der Waals surface area (Å²) < 4.78 is 15.9. The van der Waals surface area contributed by atoms with E-state index >= 15 is 0 Å². The molecule has 4 rings (SSSR count). The highest BCUT2D eigenvalue weighted by atomic mass is 35.5. The van der Waals surface area contributed by atoms with Crippen LogP contribution in [-0.2, 0) is 6.42 Å². The number of hydrogen-bond donors (Lipinski definition) is 0. The summed E-state index contributed by atoms with van der Waals surface area (Å²) in [5.74, 6) is 1.59. The molecule has 174 valence electrons. The van der Waals surface area contributed by atoms with Crippen molar-refractivity contribution in [3.05, 3.63) is 64.2 Å². The Morgan fingerprint density at radius 3 is 2.48 bits per heavy atom. The Bertz CT molecular complexity index is 1140. The molecule has 33 heavy (non-hydrogen) atoms. The van der Waals surface area contributed by atoms with Gasteiger partial charge in [-0.05, 0) is 69.7 Å². The van der Waals surface area contributed by atoms with Crippen LogP contribution in [0.25, 0.3) is 5.82 Å². The second-order valence-corrected chi connectivity index (χ2v) is 9.74. The van der Waals surface area contributed by atoms with Crippen LogP contribution in [0.5, 0.6) is 0 Å². The number of rotatable bonds is 6. The molecule has 0 bridgehead atoms. The van der Waals surface area contributed by atoms with Gasteiger partial charge in [-0.2, -0.15) is 5.10 Å². The average Bonchev–Trinajstić information content (AvgIpc) is 3.15. The third kappa shape index (κ3) is 5.08. The Morgan fingerprint density at radius 2 is 1.88 bits per heavy atom. The lowest BCUT2D eigenvalue weighted by molar-refractivity contribution is 0.0992. The molecular formula is C25H29ClFN5O. The summed E-state index contributed by atoms with van der Waals surface area (Å²) in [5, 5.41) is 4.88. The van der Waals surface area contributed by atoms with Crippen LogP contribution in [0.1, 0.15) is 53.9 Å². The number of halogens is 2. The molecule has 1 fully saturated rings. The van der Waals surface area contributed by atoms with Crippen molar-refractivity contribution in [2.24, 2.45) is 5.92 Å². The maximum atomic E-state index is 14.3. The SMILES string of the molecule is Cc1cc(CC(=O)c2cnn(-c3ccc(Cl)cn3)c2C)cnc1N1CCC(C(C)(C)F)CC1. The van der Waals surface area contributed by atoms with Crippen LogP contribution in [0.15, 0.2) is 36.8 Å². The van der Waals surface area contributed by atoms with Crippen molar-refractivity contribution < 1.29 is 9.18 Å². The summed E-state index contributed by atoms with van der Waals surface area (Å²) in [6.45, 7) is 8.78. The monoisotopic (exact) mass is 469 g/mol. The zero-order valence-electron chi connectivity index (χ0n) is 19.5. The van der Waals surface area contributed by atoms with E-state index in [4.69, 9.17) is 11.6 Å². The van der Waals surface area contributed by atoms with Gasteiger partial charge in [-0.3, -0.25) is 4.79 Å². The van der Waals surface area contributed by atoms with Gasteiger partial charge in [0.05, 0.1) is 22.5 Å². The Kier molecular flexibility index (Phi) is 6.52. The van der Waals surface area contributed by atoms with Gasteiger partial charge in [-0.1, -0.05) is 17.7 Å². The fourth-order valence-electron chi connectivity index (χ4n) is 4.52. The molecular weight excluding hydrogens is 441 g/mol. The molecule has 6 nitrogen and oxygen atoms in total. The highest BCUT2D eigenvalue weighted by Crippen LogP contribution is 2.33. The number of aryl methyl sites for hydroxylation is 1. The second kappa shape index (κ2) is 9.21. The average molecular weight is 470 g/mol. The van der Waals surface area contributed by atoms with Crippen molar-refractivity contribution in [3.63, 3.8) is 0 Å². The molecule has 0 amide bonds. The predicted octanol–water partition coefficient (Wildman–Crippen LogP) is 5.32. The summed E-state index contributed by atoms with van der Waals surface area (Å²) in [4.78, 5) is 24.1. The number of carbonyl (C=O) groups is 1. The van der Waals surface area contributed by atoms with E-state index in [0.29, 0.717) is 16.4 Å². The number of anilines is 1. The van der Waals surface area contributed by atoms with Gasteiger partial charge >= 0.3 is 0 Å². The minimum Gasteiger partial charge on any atom is -0.356 e. The first kappa shape index (κ1) is 23.4. The number of piperidine rings is 1. The van der Waals surface area contributed by atoms with E-state index in [1.165, 1.54) is 0 Å². The summed E-state index contributed by atoms with van der Waals surface area (Å²) >= 11 is 5.91. The summed E-state index contributed by atoms with van der Waals surface area (Å²) in [5.41, 5.74) is 2.03. The predicted molar refractivity (Wildman–Crippen MR) is 128 cm³/mol. The van der Waals surface area contributed by atoms with Crippen LogP contribution >= 0.6 is 11.6 Å². The Hall–Kier alpha value is -2.80. The first-order valence-electron chi connectivity index (χ1n) is 11.2. The quantitative estimate of drug-likeness (QED) is 0.457. The number of pyridine rings is 2. The highest BCUT2D eigenvalue weighted by molar-refractivity contribution is 6.30. The van der Waals surface area contributed by atoms with E-state index in [-0.39, 0.29) is 18.1 Å². The van der Waals surface area contributed by atoms with Crippen LogP contribution in [0, 0.1) is 19.8 Å². The Morgan fingerprint density at radius 1 is 1.15 bits per heavy atom. The first-order chi connectivity index (χ1) is 15.6. The molecule has 0 N–H and O–H groups in total. The molecule has 0 saturated carbocycles. The lowest BCUT2D eigenvalue weighted by Gasteiger charge is -2.37. The molecule has 0 spiro atoms. The van der Waals surface area contributed by atoms with Crippen molar-refractivity contribution in [1.82, 2.24) is 19.7 Å². The fraction of sp³-hybridized carbons (Fsp3) is 0.440. The maximum absolute atomic E-state index is 14.3. The minimum absolute atomic E-state index is 0.0207. The van der Waals surface area contributed by atoms with Gasteiger partial charge in [0.1, 0.15) is 11.5 Å². The van der Waals surface area contributed by atoms with Gasteiger partial charge in [0.15, 0.2) is 11.6 Å². The number of carbonyl (C=O) groups excluding carboxylic acids is 1. The Balaban J connectivity index is 1.44. The van der Waals surface area contributed by atoms with Crippen LogP contribution in [0.2, 0.25) is 5.02 Å². The molecule has 0 unspecified atom stereocenters. The van der Waals surface area contributed by atoms with Crippen molar-refractivity contribution in [1.29, 1.82) is 0 Å². The molecule has 1 aliphatic heterocycles. The molecule has 0 aliphatic carbocycles. The number of alkyl halides is 1. The van der Waals surface area contributed by atoms with Gasteiger partial charge < -0.3 is 4.90 Å². The van der Waals surface area contributed by atoms with Gasteiger partial charge in [0, 0.05) is 31.9 Å². The summed E-state index contributed by atoms with van der Waals surface area (Å²) in [7, 11) is 0. The van der Waals surface area contributed by atoms with Gasteiger partial charge in [-0.15, -0.1) is 0 Å². The number of hydrogen-bond acceptors (Lipinski definition) is 5. The topological polar surface area (TPSA) is 63.9 Å². The zero-order chi connectivity index (χ0) is 23.8. The van der Waals surface area contributed by atoms with E-state index in [9.17, 15) is 9.18 Å². The van der Waals surface area contributed by atoms with Crippen molar-refractivity contribution >= 4 is 23.2 Å². The lowest BCUT2D eigenvalue weighted by atomic mass is 9.84. The molecule has 4 heterocycles. The standard InChI is InChI=1S/C25H29ClFN5O/c1-16-11-18(13-29-24(16)31-9-7-19(8-10-31)25(3,4)27)12-22(33)21-15-30-32(17(21)2)23-6-5-20(26)14-28-23/h5-6,11,13-15,19H,7-10,12H2,1-4H3. The molecule has 1 aliphatic rings. The molecule has 0 radical (unpaired) electrons. The molecule has 8 heteroatoms. The number of nitrogens with zero attached hydrogens (tertiary/aromatic N) is 5. The van der Waals surface area contributed by atoms with E-state index in [2.05, 4.69) is 20.0 Å². The molecule has 3 aromatic rings. The number of ketones is 1. The largest absolute Gasteiger partial charge is 0.356 e. The first-order valence-corrected chi connectivity index (χ1v) is 11.6. The molecule has 0 atom stereocenters. The van der Waals surface area contributed by atoms with Crippen LogP contribution in [0.3, 0.4) is 0 Å². The summed E-state index contributed by atoms with van der Waals surface area (Å²) in [6.07, 6.45) is 6.78.